The van der Waals surface area contributed by atoms with Crippen molar-refractivity contribution in [2.45, 2.75) is 34.0 Å². The third-order valence-electron chi connectivity index (χ3n) is 1.81. The fourth-order valence-corrected chi connectivity index (χ4v) is 1.19. The number of carbonyl (C=O) groups excluding carboxylic acids is 1. The Balaban J connectivity index is 0. The van der Waals surface area contributed by atoms with Gasteiger partial charge in [0, 0.05) is 26.3 Å². The van der Waals surface area contributed by atoms with Gasteiger partial charge in [-0.15, -0.1) is 0 Å². The number of carboxylic acids is 2. The van der Waals surface area contributed by atoms with Gasteiger partial charge in [0.1, 0.15) is 5.75 Å². The second-order valence-corrected chi connectivity index (χ2v) is 3.84. The zero-order valence-electron chi connectivity index (χ0n) is 12.6. The van der Waals surface area contributed by atoms with Crippen molar-refractivity contribution in [1.29, 1.82) is 0 Å². The molecule has 8 nitrogen and oxygen atoms in total. The molecule has 0 atom stereocenters. The number of rotatable bonds is 3. The molecule has 0 fully saturated rings. The molecule has 0 unspecified atom stereocenters. The van der Waals surface area contributed by atoms with E-state index in [0.717, 1.165) is 13.8 Å². The summed E-state index contributed by atoms with van der Waals surface area (Å²) in [5.74, 6) is -1.82. The van der Waals surface area contributed by atoms with Gasteiger partial charge in [-0.25, -0.2) is 0 Å². The van der Waals surface area contributed by atoms with Crippen LogP contribution in [0.3, 0.4) is 0 Å². The van der Waals surface area contributed by atoms with E-state index < -0.39 is 17.9 Å². The maximum Gasteiger partial charge on any atom is 0.308 e. The van der Waals surface area contributed by atoms with Crippen LogP contribution in [0.15, 0.2) is 18.2 Å². The standard InChI is InChI=1S/C10H12O4.2C2H4O2/c1-7(13)14-10-4-2-3-8(5-11)9(10)6-12;2*1-2(3)4/h2-4,11-12H,5-6H2,1H3;2*1H3,(H,3,4). The van der Waals surface area contributed by atoms with Crippen molar-refractivity contribution in [3.63, 3.8) is 0 Å². The highest BCUT2D eigenvalue weighted by Crippen LogP contribution is 2.22. The van der Waals surface area contributed by atoms with Crippen molar-refractivity contribution >= 4 is 17.9 Å². The molecular formula is C14H20O8. The van der Waals surface area contributed by atoms with Gasteiger partial charge in [0.15, 0.2) is 0 Å². The number of hydrogen-bond donors (Lipinski definition) is 4. The van der Waals surface area contributed by atoms with Crippen LogP contribution in [0.2, 0.25) is 0 Å². The predicted octanol–water partition coefficient (Wildman–Crippen LogP) is 0.778. The largest absolute Gasteiger partial charge is 0.481 e. The molecule has 1 aromatic rings. The first-order valence-corrected chi connectivity index (χ1v) is 6.05. The number of aliphatic hydroxyl groups is 2. The lowest BCUT2D eigenvalue weighted by molar-refractivity contribution is -0.135. The topological polar surface area (TPSA) is 141 Å². The number of benzene rings is 1. The van der Waals surface area contributed by atoms with Crippen LogP contribution < -0.4 is 4.74 Å². The van der Waals surface area contributed by atoms with Crippen LogP contribution in [-0.2, 0) is 27.6 Å². The maximum atomic E-state index is 10.7. The normalized spacial score (nSPS) is 8.59. The third kappa shape index (κ3) is 12.6. The Hall–Kier alpha value is -2.45. The first-order chi connectivity index (χ1) is 10.1. The number of esters is 1. The monoisotopic (exact) mass is 316 g/mol. The van der Waals surface area contributed by atoms with Gasteiger partial charge in [-0.3, -0.25) is 14.4 Å². The van der Waals surface area contributed by atoms with Crippen LogP contribution in [-0.4, -0.2) is 38.3 Å². The molecule has 22 heavy (non-hydrogen) atoms. The van der Waals surface area contributed by atoms with Crippen molar-refractivity contribution in [3.8, 4) is 5.75 Å². The Morgan fingerprint density at radius 1 is 0.955 bits per heavy atom. The van der Waals surface area contributed by atoms with E-state index >= 15 is 0 Å². The number of carboxylic acid groups (broad SMARTS) is 2. The van der Waals surface area contributed by atoms with Gasteiger partial charge in [0.05, 0.1) is 13.2 Å². The lowest BCUT2D eigenvalue weighted by atomic mass is 10.1. The first-order valence-electron chi connectivity index (χ1n) is 6.05. The first kappa shape index (κ1) is 21.8. The summed E-state index contributed by atoms with van der Waals surface area (Å²) in [7, 11) is 0. The highest BCUT2D eigenvalue weighted by atomic mass is 16.5. The van der Waals surface area contributed by atoms with Crippen molar-refractivity contribution in [2.75, 3.05) is 0 Å². The van der Waals surface area contributed by atoms with Crippen molar-refractivity contribution in [2.24, 2.45) is 0 Å². The van der Waals surface area contributed by atoms with Gasteiger partial charge in [-0.1, -0.05) is 12.1 Å². The summed E-state index contributed by atoms with van der Waals surface area (Å²) in [5.41, 5.74) is 1.01. The van der Waals surface area contributed by atoms with E-state index in [9.17, 15) is 4.79 Å². The van der Waals surface area contributed by atoms with Gasteiger partial charge >= 0.3 is 5.97 Å². The Morgan fingerprint density at radius 2 is 1.41 bits per heavy atom. The summed E-state index contributed by atoms with van der Waals surface area (Å²) >= 11 is 0. The van der Waals surface area contributed by atoms with Gasteiger partial charge in [-0.2, -0.15) is 0 Å². The van der Waals surface area contributed by atoms with E-state index in [1.54, 1.807) is 18.2 Å². The molecular weight excluding hydrogens is 296 g/mol. The molecule has 0 radical (unpaired) electrons. The van der Waals surface area contributed by atoms with E-state index in [0.29, 0.717) is 16.9 Å². The second-order valence-electron chi connectivity index (χ2n) is 3.84. The average Bonchev–Trinajstić information content (AvgIpc) is 2.36. The zero-order chi connectivity index (χ0) is 17.7. The average molecular weight is 316 g/mol. The van der Waals surface area contributed by atoms with E-state index in [2.05, 4.69) is 0 Å². The fraction of sp³-hybridized carbons (Fsp3) is 0.357. The quantitative estimate of drug-likeness (QED) is 0.473. The summed E-state index contributed by atoms with van der Waals surface area (Å²) in [4.78, 5) is 28.7. The van der Waals surface area contributed by atoms with Gasteiger partial charge < -0.3 is 25.2 Å². The maximum absolute atomic E-state index is 10.7. The smallest absolute Gasteiger partial charge is 0.308 e. The Morgan fingerprint density at radius 3 is 1.73 bits per heavy atom. The van der Waals surface area contributed by atoms with E-state index in [4.69, 9.17) is 34.8 Å². The molecule has 124 valence electrons. The molecule has 0 aliphatic carbocycles. The van der Waals surface area contributed by atoms with Crippen LogP contribution in [0, 0.1) is 0 Å². The molecule has 0 aliphatic rings. The van der Waals surface area contributed by atoms with Crippen LogP contribution in [0.1, 0.15) is 31.9 Å². The van der Waals surface area contributed by atoms with Gasteiger partial charge in [0.25, 0.3) is 11.9 Å². The molecule has 8 heteroatoms. The minimum atomic E-state index is -0.833. The molecule has 0 amide bonds. The molecule has 1 aromatic carbocycles. The molecule has 0 saturated heterocycles. The Bertz CT molecular complexity index is 476. The zero-order valence-corrected chi connectivity index (χ0v) is 12.6. The number of hydrogen-bond acceptors (Lipinski definition) is 6. The summed E-state index contributed by atoms with van der Waals surface area (Å²) in [6.07, 6.45) is 0. The molecule has 0 aromatic heterocycles. The molecule has 0 spiro atoms. The van der Waals surface area contributed by atoms with Crippen molar-refractivity contribution in [1.82, 2.24) is 0 Å². The highest BCUT2D eigenvalue weighted by Gasteiger charge is 2.09. The summed E-state index contributed by atoms with van der Waals surface area (Å²) < 4.78 is 4.87. The predicted molar refractivity (Wildman–Crippen MR) is 76.2 cm³/mol. The van der Waals surface area contributed by atoms with E-state index in [1.807, 2.05) is 0 Å². The minimum absolute atomic E-state index is 0.189. The van der Waals surface area contributed by atoms with Crippen LogP contribution in [0.5, 0.6) is 5.75 Å². The summed E-state index contributed by atoms with van der Waals surface area (Å²) in [5, 5.41) is 32.8. The van der Waals surface area contributed by atoms with Crippen molar-refractivity contribution in [3.05, 3.63) is 29.3 Å². The third-order valence-corrected chi connectivity index (χ3v) is 1.81. The minimum Gasteiger partial charge on any atom is -0.481 e. The summed E-state index contributed by atoms with van der Waals surface area (Å²) in [6, 6.07) is 4.90. The highest BCUT2D eigenvalue weighted by molar-refractivity contribution is 5.70. The number of aliphatic carboxylic acids is 2. The SMILES string of the molecule is CC(=O)O.CC(=O)O.CC(=O)Oc1cccc(CO)c1CO. The molecule has 0 heterocycles. The summed E-state index contributed by atoms with van der Waals surface area (Å²) in [6.45, 7) is 3.00. The number of ether oxygens (including phenoxy) is 1. The van der Waals surface area contributed by atoms with E-state index in [-0.39, 0.29) is 13.2 Å². The van der Waals surface area contributed by atoms with Crippen LogP contribution >= 0.6 is 0 Å². The molecule has 4 N–H and O–H groups in total. The Labute approximate surface area is 127 Å². The van der Waals surface area contributed by atoms with E-state index in [1.165, 1.54) is 6.92 Å². The van der Waals surface area contributed by atoms with Crippen LogP contribution in [0.25, 0.3) is 0 Å². The molecule has 0 saturated carbocycles. The lowest BCUT2D eigenvalue weighted by Gasteiger charge is -2.10. The fourth-order valence-electron chi connectivity index (χ4n) is 1.19. The second kappa shape index (κ2) is 12.3. The lowest BCUT2D eigenvalue weighted by Crippen LogP contribution is -2.06. The van der Waals surface area contributed by atoms with Gasteiger partial charge in [-0.05, 0) is 11.6 Å². The van der Waals surface area contributed by atoms with Crippen molar-refractivity contribution < 1.29 is 39.5 Å². The number of carbonyl (C=O) groups is 3. The van der Waals surface area contributed by atoms with Gasteiger partial charge in [0.2, 0.25) is 0 Å². The molecule has 0 aliphatic heterocycles. The van der Waals surface area contributed by atoms with Crippen LogP contribution in [0.4, 0.5) is 0 Å². The molecule has 1 rings (SSSR count). The number of aliphatic hydroxyl groups excluding tert-OH is 2. The Kier molecular flexibility index (Phi) is 12.2. The molecule has 0 bridgehead atoms.